The molecule has 0 amide bonds. The minimum Gasteiger partial charge on any atom is -0.321 e. The lowest BCUT2D eigenvalue weighted by Gasteiger charge is -2.11. The number of H-pyrrole nitrogens is 2. The average molecular weight is 523 g/mol. The Balaban J connectivity index is 1.23. The predicted octanol–water partition coefficient (Wildman–Crippen LogP) is 4.87. The van der Waals surface area contributed by atoms with Crippen molar-refractivity contribution in [1.82, 2.24) is 50.0 Å². The van der Waals surface area contributed by atoms with Gasteiger partial charge in [-0.3, -0.25) is 15.1 Å². The molecule has 7 rings (SSSR count). The molecule has 6 aromatic rings. The number of imidazole rings is 2. The first-order valence-corrected chi connectivity index (χ1v) is 13.2. The van der Waals surface area contributed by atoms with E-state index in [2.05, 4.69) is 40.4 Å². The van der Waals surface area contributed by atoms with Crippen LogP contribution in [-0.4, -0.2) is 51.2 Å². The Labute approximate surface area is 223 Å². The van der Waals surface area contributed by atoms with E-state index >= 15 is 4.39 Å². The molecule has 6 heterocycles. The first kappa shape index (κ1) is 23.6. The highest BCUT2D eigenvalue weighted by molar-refractivity contribution is 5.95. The summed E-state index contributed by atoms with van der Waals surface area (Å²) in [5, 5.41) is 11.1. The molecule has 0 aromatic carbocycles. The molecule has 0 aliphatic heterocycles. The number of aromatic amines is 2. The average Bonchev–Trinajstić information content (AvgIpc) is 3.75. The van der Waals surface area contributed by atoms with Gasteiger partial charge in [0.1, 0.15) is 16.9 Å². The number of nitrogens with one attached hydrogen (secondary N) is 3. The number of aromatic nitrogens is 9. The van der Waals surface area contributed by atoms with Crippen molar-refractivity contribution >= 4 is 22.1 Å². The van der Waals surface area contributed by atoms with Gasteiger partial charge in [-0.2, -0.15) is 5.10 Å². The zero-order valence-corrected chi connectivity index (χ0v) is 21.4. The fourth-order valence-electron chi connectivity index (χ4n) is 5.47. The van der Waals surface area contributed by atoms with Gasteiger partial charge in [-0.25, -0.2) is 19.3 Å². The standard InChI is InChI=1S/C28H27FN10/c1-16-14-39(15-34-16)21-6-7-32-27-25(21)35-28(36-27)26-22-20(37-38-26)13-33-24(23(22)29)19-8-18(11-31-12-19)10-30-9-17-4-2-3-5-17/h6-8,11-15,17,30H,2-5,9-10H2,1H3,(H,37,38)(H,32,35,36). The second-order valence-corrected chi connectivity index (χ2v) is 10.2. The SMILES string of the molecule is Cc1cn(-c2ccnc3[nH]c(-c4n[nH]c5cnc(-c6cncc(CNCC7CCCC7)c6)c(F)c45)nc23)cn1. The summed E-state index contributed by atoms with van der Waals surface area (Å²) in [4.78, 5) is 25.5. The van der Waals surface area contributed by atoms with E-state index in [1.807, 2.05) is 36.0 Å². The molecular weight excluding hydrogens is 495 g/mol. The van der Waals surface area contributed by atoms with Crippen LogP contribution < -0.4 is 5.32 Å². The molecule has 39 heavy (non-hydrogen) atoms. The molecule has 1 saturated carbocycles. The molecular formula is C28H27FN10. The molecule has 6 aromatic heterocycles. The van der Waals surface area contributed by atoms with Crippen LogP contribution in [0.2, 0.25) is 0 Å². The predicted molar refractivity (Wildman–Crippen MR) is 145 cm³/mol. The van der Waals surface area contributed by atoms with Crippen LogP contribution in [0, 0.1) is 18.7 Å². The Morgan fingerprint density at radius 2 is 2.00 bits per heavy atom. The van der Waals surface area contributed by atoms with E-state index in [1.165, 1.54) is 25.7 Å². The van der Waals surface area contributed by atoms with Crippen LogP contribution in [-0.2, 0) is 6.54 Å². The largest absolute Gasteiger partial charge is 0.321 e. The molecule has 0 atom stereocenters. The second-order valence-electron chi connectivity index (χ2n) is 10.2. The van der Waals surface area contributed by atoms with Gasteiger partial charge in [0.25, 0.3) is 0 Å². The summed E-state index contributed by atoms with van der Waals surface area (Å²) in [6.45, 7) is 3.60. The fraction of sp³-hybridized carbons (Fsp3) is 0.286. The molecule has 0 unspecified atom stereocenters. The van der Waals surface area contributed by atoms with Crippen molar-refractivity contribution in [2.24, 2.45) is 5.92 Å². The molecule has 11 heteroatoms. The highest BCUT2D eigenvalue weighted by atomic mass is 19.1. The molecule has 1 aliphatic rings. The van der Waals surface area contributed by atoms with Gasteiger partial charge in [-0.05, 0) is 49.9 Å². The van der Waals surface area contributed by atoms with Crippen LogP contribution >= 0.6 is 0 Å². The summed E-state index contributed by atoms with van der Waals surface area (Å²) >= 11 is 0. The number of hydrogen-bond donors (Lipinski definition) is 3. The number of rotatable bonds is 7. The molecule has 3 N–H and O–H groups in total. The topological polar surface area (TPSA) is 126 Å². The Morgan fingerprint density at radius 3 is 2.85 bits per heavy atom. The highest BCUT2D eigenvalue weighted by Gasteiger charge is 2.22. The molecule has 0 bridgehead atoms. The van der Waals surface area contributed by atoms with Gasteiger partial charge in [0.2, 0.25) is 0 Å². The van der Waals surface area contributed by atoms with Crippen LogP contribution in [0.15, 0.2) is 49.4 Å². The molecule has 0 spiro atoms. The Kier molecular flexibility index (Phi) is 5.85. The normalized spacial score (nSPS) is 14.2. The highest BCUT2D eigenvalue weighted by Crippen LogP contribution is 2.33. The van der Waals surface area contributed by atoms with Gasteiger partial charge in [-0.15, -0.1) is 0 Å². The molecule has 1 fully saturated rings. The van der Waals surface area contributed by atoms with Gasteiger partial charge in [-0.1, -0.05) is 12.8 Å². The van der Waals surface area contributed by atoms with Crippen molar-refractivity contribution < 1.29 is 4.39 Å². The lowest BCUT2D eigenvalue weighted by molar-refractivity contribution is 0.489. The van der Waals surface area contributed by atoms with E-state index in [9.17, 15) is 0 Å². The van der Waals surface area contributed by atoms with Crippen LogP contribution in [0.4, 0.5) is 4.39 Å². The summed E-state index contributed by atoms with van der Waals surface area (Å²) in [5.41, 5.74) is 5.58. The maximum atomic E-state index is 16.1. The first-order valence-electron chi connectivity index (χ1n) is 13.2. The summed E-state index contributed by atoms with van der Waals surface area (Å²) in [6.07, 6.45) is 15.6. The van der Waals surface area contributed by atoms with E-state index < -0.39 is 5.82 Å². The van der Waals surface area contributed by atoms with Gasteiger partial charge < -0.3 is 14.9 Å². The molecule has 0 radical (unpaired) electrons. The molecule has 0 saturated heterocycles. The number of halogens is 1. The molecule has 1 aliphatic carbocycles. The Hall–Kier alpha value is -4.51. The summed E-state index contributed by atoms with van der Waals surface area (Å²) < 4.78 is 18.0. The third-order valence-corrected chi connectivity index (χ3v) is 7.43. The minimum absolute atomic E-state index is 0.221. The third kappa shape index (κ3) is 4.34. The number of fused-ring (bicyclic) bond motifs is 2. The van der Waals surface area contributed by atoms with Gasteiger partial charge in [0, 0.05) is 36.9 Å². The van der Waals surface area contributed by atoms with Gasteiger partial charge in [0.15, 0.2) is 17.3 Å². The number of aryl methyl sites for hydroxylation is 1. The number of nitrogens with zero attached hydrogens (tertiary/aromatic N) is 7. The summed E-state index contributed by atoms with van der Waals surface area (Å²) in [6, 6.07) is 3.80. The van der Waals surface area contributed by atoms with E-state index in [0.717, 1.165) is 29.4 Å². The quantitative estimate of drug-likeness (QED) is 0.273. The van der Waals surface area contributed by atoms with Crippen molar-refractivity contribution in [1.29, 1.82) is 0 Å². The monoisotopic (exact) mass is 522 g/mol. The lowest BCUT2D eigenvalue weighted by Crippen LogP contribution is -2.20. The number of pyridine rings is 3. The van der Waals surface area contributed by atoms with Crippen molar-refractivity contribution in [2.75, 3.05) is 6.54 Å². The van der Waals surface area contributed by atoms with E-state index in [-0.39, 0.29) is 5.69 Å². The van der Waals surface area contributed by atoms with Crippen LogP contribution in [0.5, 0.6) is 0 Å². The summed E-state index contributed by atoms with van der Waals surface area (Å²) in [7, 11) is 0. The molecule has 196 valence electrons. The van der Waals surface area contributed by atoms with Crippen molar-refractivity contribution in [2.45, 2.75) is 39.2 Å². The van der Waals surface area contributed by atoms with E-state index in [4.69, 9.17) is 4.98 Å². The maximum absolute atomic E-state index is 16.1. The zero-order valence-electron chi connectivity index (χ0n) is 21.4. The van der Waals surface area contributed by atoms with Gasteiger partial charge >= 0.3 is 0 Å². The lowest BCUT2D eigenvalue weighted by atomic mass is 10.1. The van der Waals surface area contributed by atoms with Crippen molar-refractivity contribution in [3.63, 3.8) is 0 Å². The Bertz CT molecular complexity index is 1790. The minimum atomic E-state index is -0.479. The Morgan fingerprint density at radius 1 is 1.10 bits per heavy atom. The number of hydrogen-bond acceptors (Lipinski definition) is 7. The molecule has 10 nitrogen and oxygen atoms in total. The van der Waals surface area contributed by atoms with Crippen molar-refractivity contribution in [3.05, 3.63) is 66.5 Å². The summed E-state index contributed by atoms with van der Waals surface area (Å²) in [5.74, 6) is 0.677. The van der Waals surface area contributed by atoms with Gasteiger partial charge in [0.05, 0.1) is 34.8 Å². The zero-order chi connectivity index (χ0) is 26.3. The fourth-order valence-corrected chi connectivity index (χ4v) is 5.47. The maximum Gasteiger partial charge on any atom is 0.161 e. The third-order valence-electron chi connectivity index (χ3n) is 7.43. The van der Waals surface area contributed by atoms with E-state index in [1.54, 1.807) is 24.9 Å². The van der Waals surface area contributed by atoms with E-state index in [0.29, 0.717) is 45.7 Å². The second kappa shape index (κ2) is 9.66. The van der Waals surface area contributed by atoms with Crippen LogP contribution in [0.1, 0.15) is 36.9 Å². The first-order chi connectivity index (χ1) is 19.1. The van der Waals surface area contributed by atoms with Crippen LogP contribution in [0.3, 0.4) is 0 Å². The van der Waals surface area contributed by atoms with Crippen molar-refractivity contribution in [3.8, 4) is 28.5 Å². The van der Waals surface area contributed by atoms with Crippen LogP contribution in [0.25, 0.3) is 50.5 Å². The smallest absolute Gasteiger partial charge is 0.161 e.